The Bertz CT molecular complexity index is 580. The molecule has 1 heterocycles. The van der Waals surface area contributed by atoms with E-state index < -0.39 is 8.07 Å². The maximum Gasteiger partial charge on any atom is 0.139 e. The van der Waals surface area contributed by atoms with Crippen LogP contribution in [0.5, 0.6) is 0 Å². The number of halogens is 2. The molecule has 0 saturated heterocycles. The van der Waals surface area contributed by atoms with Gasteiger partial charge in [0.1, 0.15) is 6.73 Å². The van der Waals surface area contributed by atoms with Crippen molar-refractivity contribution in [1.82, 2.24) is 9.78 Å². The van der Waals surface area contributed by atoms with Crippen LogP contribution in [0.2, 0.25) is 30.7 Å². The van der Waals surface area contributed by atoms with E-state index in [1.54, 1.807) is 6.20 Å². The predicted molar refractivity (Wildman–Crippen MR) is 86.5 cm³/mol. The first kappa shape index (κ1) is 15.0. The molecule has 0 atom stereocenters. The van der Waals surface area contributed by atoms with Gasteiger partial charge in [-0.15, -0.1) is 0 Å². The van der Waals surface area contributed by atoms with Gasteiger partial charge in [0.05, 0.1) is 16.7 Å². The smallest absolute Gasteiger partial charge is 0.139 e. The fraction of sp³-hybridized carbons (Fsp3) is 0.462. The Hall–Kier alpha value is -0.363. The highest BCUT2D eigenvalue weighted by Crippen LogP contribution is 2.27. The van der Waals surface area contributed by atoms with Crippen molar-refractivity contribution in [2.75, 3.05) is 6.61 Å². The summed E-state index contributed by atoms with van der Waals surface area (Å²) in [4.78, 5) is 0. The second-order valence-electron chi connectivity index (χ2n) is 5.81. The number of aromatic nitrogens is 2. The maximum absolute atomic E-state index is 6.18. The molecule has 0 bridgehead atoms. The Labute approximate surface area is 128 Å². The molecular formula is C13H18BrClN2OSi. The van der Waals surface area contributed by atoms with E-state index in [4.69, 9.17) is 16.3 Å². The van der Waals surface area contributed by atoms with Gasteiger partial charge in [0.2, 0.25) is 0 Å². The minimum absolute atomic E-state index is 0.473. The lowest BCUT2D eigenvalue weighted by Crippen LogP contribution is -2.22. The van der Waals surface area contributed by atoms with Gasteiger partial charge in [-0.3, -0.25) is 0 Å². The normalized spacial score (nSPS) is 12.3. The van der Waals surface area contributed by atoms with Gasteiger partial charge in [-0.2, -0.15) is 5.10 Å². The summed E-state index contributed by atoms with van der Waals surface area (Å²) < 4.78 is 8.51. The summed E-state index contributed by atoms with van der Waals surface area (Å²) in [6, 6.07) is 5.05. The third-order valence-corrected chi connectivity index (χ3v) is 5.36. The second-order valence-corrected chi connectivity index (χ2v) is 12.8. The minimum atomic E-state index is -1.03. The zero-order chi connectivity index (χ0) is 14.0. The maximum atomic E-state index is 6.18. The molecule has 0 N–H and O–H groups in total. The molecule has 0 fully saturated rings. The van der Waals surface area contributed by atoms with Gasteiger partial charge in [0.25, 0.3) is 0 Å². The van der Waals surface area contributed by atoms with E-state index in [1.807, 2.05) is 16.8 Å². The zero-order valence-corrected chi connectivity index (χ0v) is 14.8. The molecule has 0 radical (unpaired) electrons. The fourth-order valence-electron chi connectivity index (χ4n) is 1.73. The highest BCUT2D eigenvalue weighted by molar-refractivity contribution is 9.10. The van der Waals surface area contributed by atoms with Crippen LogP contribution in [0, 0.1) is 0 Å². The lowest BCUT2D eigenvalue weighted by molar-refractivity contribution is 0.0817. The largest absolute Gasteiger partial charge is 0.360 e. The lowest BCUT2D eigenvalue weighted by Gasteiger charge is -2.15. The first-order chi connectivity index (χ1) is 8.87. The third kappa shape index (κ3) is 4.05. The Morgan fingerprint density at radius 1 is 1.37 bits per heavy atom. The summed E-state index contributed by atoms with van der Waals surface area (Å²) in [6.07, 6.45) is 1.78. The van der Waals surface area contributed by atoms with Crippen LogP contribution in [0.1, 0.15) is 0 Å². The number of hydrogen-bond acceptors (Lipinski definition) is 2. The Balaban J connectivity index is 2.05. The SMILES string of the molecule is C[Si](C)(C)CCOCn1ncc2c(Cl)cc(Br)cc21. The standard InChI is InChI=1S/C13H18BrClN2OSi/c1-19(2,3)5-4-18-9-17-13-7-10(14)6-12(15)11(13)8-16-17/h6-8H,4-5,9H2,1-3H3. The highest BCUT2D eigenvalue weighted by Gasteiger charge is 2.12. The predicted octanol–water partition coefficient (Wildman–Crippen LogP) is 4.76. The number of ether oxygens (including phenoxy) is 1. The van der Waals surface area contributed by atoms with Crippen LogP contribution in [-0.4, -0.2) is 24.5 Å². The van der Waals surface area contributed by atoms with E-state index >= 15 is 0 Å². The molecule has 1 aromatic heterocycles. The molecular weight excluding hydrogens is 344 g/mol. The molecule has 6 heteroatoms. The van der Waals surface area contributed by atoms with Gasteiger partial charge in [-0.1, -0.05) is 47.2 Å². The van der Waals surface area contributed by atoms with Gasteiger partial charge < -0.3 is 4.74 Å². The average Bonchev–Trinajstić information content (AvgIpc) is 2.66. The molecule has 0 amide bonds. The first-order valence-corrected chi connectivity index (χ1v) is 11.1. The fourth-order valence-corrected chi connectivity index (χ4v) is 3.33. The van der Waals surface area contributed by atoms with Crippen LogP contribution >= 0.6 is 27.5 Å². The Morgan fingerprint density at radius 3 is 2.79 bits per heavy atom. The molecule has 2 aromatic rings. The molecule has 0 aliphatic carbocycles. The van der Waals surface area contributed by atoms with Gasteiger partial charge in [-0.05, 0) is 18.2 Å². The van der Waals surface area contributed by atoms with Crippen LogP contribution in [0.15, 0.2) is 22.8 Å². The van der Waals surface area contributed by atoms with E-state index in [1.165, 1.54) is 0 Å². The van der Waals surface area contributed by atoms with Crippen molar-refractivity contribution in [3.05, 3.63) is 27.8 Å². The second kappa shape index (κ2) is 5.95. The molecule has 19 heavy (non-hydrogen) atoms. The summed E-state index contributed by atoms with van der Waals surface area (Å²) >= 11 is 9.63. The summed E-state index contributed by atoms with van der Waals surface area (Å²) in [7, 11) is -1.03. The minimum Gasteiger partial charge on any atom is -0.360 e. The molecule has 0 spiro atoms. The average molecular weight is 362 g/mol. The number of hydrogen-bond donors (Lipinski definition) is 0. The van der Waals surface area contributed by atoms with E-state index in [2.05, 4.69) is 40.7 Å². The molecule has 0 saturated carbocycles. The monoisotopic (exact) mass is 360 g/mol. The van der Waals surface area contributed by atoms with Crippen molar-refractivity contribution in [2.24, 2.45) is 0 Å². The third-order valence-electron chi connectivity index (χ3n) is 2.89. The Morgan fingerprint density at radius 2 is 2.11 bits per heavy atom. The van der Waals surface area contributed by atoms with Crippen LogP contribution in [0.4, 0.5) is 0 Å². The van der Waals surface area contributed by atoms with E-state index in [9.17, 15) is 0 Å². The Kier molecular flexibility index (Phi) is 4.71. The molecule has 1 aromatic carbocycles. The van der Waals surface area contributed by atoms with Crippen molar-refractivity contribution in [3.63, 3.8) is 0 Å². The van der Waals surface area contributed by atoms with Crippen molar-refractivity contribution in [3.8, 4) is 0 Å². The number of rotatable bonds is 5. The van der Waals surface area contributed by atoms with Gasteiger partial charge in [-0.25, -0.2) is 4.68 Å². The van der Waals surface area contributed by atoms with Crippen molar-refractivity contribution in [1.29, 1.82) is 0 Å². The lowest BCUT2D eigenvalue weighted by atomic mass is 10.2. The zero-order valence-electron chi connectivity index (χ0n) is 11.4. The summed E-state index contributed by atoms with van der Waals surface area (Å²) in [5.74, 6) is 0. The van der Waals surface area contributed by atoms with Crippen molar-refractivity contribution in [2.45, 2.75) is 32.4 Å². The molecule has 0 aliphatic heterocycles. The number of fused-ring (bicyclic) bond motifs is 1. The van der Waals surface area contributed by atoms with Crippen LogP contribution in [0.3, 0.4) is 0 Å². The summed E-state index contributed by atoms with van der Waals surface area (Å²) in [5, 5.41) is 5.99. The van der Waals surface area contributed by atoms with E-state index in [0.29, 0.717) is 11.8 Å². The van der Waals surface area contributed by atoms with Gasteiger partial charge in [0.15, 0.2) is 0 Å². The van der Waals surface area contributed by atoms with Crippen molar-refractivity contribution < 1.29 is 4.74 Å². The molecule has 2 rings (SSSR count). The van der Waals surface area contributed by atoms with Gasteiger partial charge in [0, 0.05) is 24.5 Å². The first-order valence-electron chi connectivity index (χ1n) is 6.25. The van der Waals surface area contributed by atoms with E-state index in [0.717, 1.165) is 28.0 Å². The van der Waals surface area contributed by atoms with Gasteiger partial charge >= 0.3 is 0 Å². The molecule has 3 nitrogen and oxygen atoms in total. The van der Waals surface area contributed by atoms with Crippen molar-refractivity contribution >= 4 is 46.5 Å². The van der Waals surface area contributed by atoms with Crippen LogP contribution < -0.4 is 0 Å². The van der Waals surface area contributed by atoms with Crippen LogP contribution in [-0.2, 0) is 11.5 Å². The van der Waals surface area contributed by atoms with Crippen LogP contribution in [0.25, 0.3) is 10.9 Å². The molecule has 0 unspecified atom stereocenters. The summed E-state index contributed by atoms with van der Waals surface area (Å²) in [5.41, 5.74) is 0.993. The quantitative estimate of drug-likeness (QED) is 0.567. The summed E-state index contributed by atoms with van der Waals surface area (Å²) in [6.45, 7) is 8.29. The highest BCUT2D eigenvalue weighted by atomic mass is 79.9. The van der Waals surface area contributed by atoms with E-state index in [-0.39, 0.29) is 0 Å². The topological polar surface area (TPSA) is 27.1 Å². The number of benzene rings is 1. The number of nitrogens with zero attached hydrogens (tertiary/aromatic N) is 2. The molecule has 104 valence electrons. The molecule has 0 aliphatic rings.